The Labute approximate surface area is 85.1 Å². The van der Waals surface area contributed by atoms with Gasteiger partial charge >= 0.3 is 0 Å². The molecule has 1 rings (SSSR count). The number of hydrogen-bond acceptors (Lipinski definition) is 5. The van der Waals surface area contributed by atoms with Crippen molar-refractivity contribution in [3.63, 3.8) is 0 Å². The number of nitro groups is 2. The van der Waals surface area contributed by atoms with Crippen molar-refractivity contribution in [3.05, 3.63) is 38.4 Å². The molecule has 0 aliphatic carbocycles. The van der Waals surface area contributed by atoms with Gasteiger partial charge in [0, 0.05) is 6.07 Å². The third-order valence-electron chi connectivity index (χ3n) is 1.54. The van der Waals surface area contributed by atoms with Gasteiger partial charge in [-0.15, -0.1) is 0 Å². The first-order valence-corrected chi connectivity index (χ1v) is 4.58. The van der Waals surface area contributed by atoms with Gasteiger partial charge in [-0.05, 0) is 6.07 Å². The Morgan fingerprint density at radius 2 is 1.80 bits per heavy atom. The van der Waals surface area contributed by atoms with E-state index in [9.17, 15) is 24.4 Å². The highest BCUT2D eigenvalue weighted by molar-refractivity contribution is 7.79. The van der Waals surface area contributed by atoms with Crippen LogP contribution in [0.3, 0.4) is 0 Å². The Morgan fingerprint density at radius 1 is 1.20 bits per heavy atom. The fourth-order valence-electron chi connectivity index (χ4n) is 0.910. The van der Waals surface area contributed by atoms with Crippen LogP contribution >= 0.6 is 0 Å². The highest BCUT2D eigenvalue weighted by Crippen LogP contribution is 2.26. The minimum atomic E-state index is -2.55. The first-order chi connectivity index (χ1) is 6.93. The molecule has 0 aliphatic rings. The minimum Gasteiger partial charge on any atom is -0.302 e. The molecule has 80 valence electrons. The van der Waals surface area contributed by atoms with Crippen LogP contribution in [0, 0.1) is 20.2 Å². The number of nitro benzene ring substituents is 2. The number of benzene rings is 1. The summed E-state index contributed by atoms with van der Waals surface area (Å²) in [5, 5.41) is 20.7. The molecule has 1 aromatic carbocycles. The van der Waals surface area contributed by atoms with Crippen LogP contribution in [0.25, 0.3) is 0 Å². The zero-order valence-electron chi connectivity index (χ0n) is 7.02. The lowest BCUT2D eigenvalue weighted by Gasteiger charge is -1.97. The molecule has 0 aromatic heterocycles. The molecular weight excluding hydrogens is 228 g/mol. The van der Waals surface area contributed by atoms with E-state index in [0.717, 1.165) is 12.1 Å². The molecule has 0 fully saturated rings. The first-order valence-electron chi connectivity index (χ1n) is 3.47. The Kier molecular flexibility index (Phi) is 3.07. The molecule has 0 heterocycles. The van der Waals surface area contributed by atoms with E-state index in [1.54, 1.807) is 0 Å². The highest BCUT2D eigenvalue weighted by Gasteiger charge is 2.22. The van der Waals surface area contributed by atoms with Crippen LogP contribution in [-0.4, -0.2) is 18.6 Å². The summed E-state index contributed by atoms with van der Waals surface area (Å²) in [6, 6.07) is 2.45. The van der Waals surface area contributed by atoms with Crippen molar-refractivity contribution in [1.82, 2.24) is 0 Å². The summed E-state index contributed by atoms with van der Waals surface area (Å²) < 4.78 is 19.3. The van der Waals surface area contributed by atoms with Gasteiger partial charge in [0.05, 0.1) is 15.9 Å². The molecule has 1 aromatic rings. The molecule has 0 bridgehead atoms. The Hall–Kier alpha value is -1.87. The van der Waals surface area contributed by atoms with Gasteiger partial charge in [0.25, 0.3) is 11.4 Å². The lowest BCUT2D eigenvalue weighted by Crippen LogP contribution is -1.99. The second kappa shape index (κ2) is 4.11. The van der Waals surface area contributed by atoms with Gasteiger partial charge in [-0.1, -0.05) is 0 Å². The predicted octanol–water partition coefficient (Wildman–Crippen LogP) is 1.08. The molecule has 0 saturated carbocycles. The SMILES string of the molecule is O=[N+]([O-])c1ccc(S(=O)O)c([N+](=O)[O-])c1. The molecule has 1 unspecified atom stereocenters. The molecule has 9 heteroatoms. The van der Waals surface area contributed by atoms with Gasteiger partial charge in [-0.2, -0.15) is 0 Å². The molecular formula is C6H4N2O6S. The molecule has 0 saturated heterocycles. The second-order valence-electron chi connectivity index (χ2n) is 2.42. The van der Waals surface area contributed by atoms with Crippen molar-refractivity contribution >= 4 is 22.5 Å². The number of nitrogens with zero attached hydrogens (tertiary/aromatic N) is 2. The summed E-state index contributed by atoms with van der Waals surface area (Å²) in [7, 11) is 0. The van der Waals surface area contributed by atoms with Crippen molar-refractivity contribution in [2.24, 2.45) is 0 Å². The quantitative estimate of drug-likeness (QED) is 0.472. The van der Waals surface area contributed by atoms with Crippen molar-refractivity contribution in [1.29, 1.82) is 0 Å². The van der Waals surface area contributed by atoms with Crippen molar-refractivity contribution in [2.45, 2.75) is 4.90 Å². The number of hydrogen-bond donors (Lipinski definition) is 1. The summed E-state index contributed by atoms with van der Waals surface area (Å²) in [5.74, 6) is 0. The molecule has 0 aliphatic heterocycles. The molecule has 1 N–H and O–H groups in total. The summed E-state index contributed by atoms with van der Waals surface area (Å²) in [6.45, 7) is 0. The molecule has 0 radical (unpaired) electrons. The van der Waals surface area contributed by atoms with E-state index < -0.39 is 37.2 Å². The topological polar surface area (TPSA) is 124 Å². The molecule has 0 amide bonds. The summed E-state index contributed by atoms with van der Waals surface area (Å²) >= 11 is -2.55. The predicted molar refractivity (Wildman–Crippen MR) is 48.8 cm³/mol. The zero-order chi connectivity index (χ0) is 11.6. The second-order valence-corrected chi connectivity index (χ2v) is 3.35. The van der Waals surface area contributed by atoms with Crippen LogP contribution < -0.4 is 0 Å². The van der Waals surface area contributed by atoms with E-state index in [-0.39, 0.29) is 0 Å². The highest BCUT2D eigenvalue weighted by atomic mass is 32.2. The normalized spacial score (nSPS) is 12.1. The van der Waals surface area contributed by atoms with Crippen molar-refractivity contribution in [2.75, 3.05) is 0 Å². The van der Waals surface area contributed by atoms with Gasteiger partial charge in [-0.25, -0.2) is 4.21 Å². The van der Waals surface area contributed by atoms with E-state index in [4.69, 9.17) is 4.55 Å². The maximum absolute atomic E-state index is 10.6. The maximum Gasteiger partial charge on any atom is 0.294 e. The van der Waals surface area contributed by atoms with Crippen LogP contribution in [0.1, 0.15) is 0 Å². The Bertz CT molecular complexity index is 459. The van der Waals surface area contributed by atoms with Gasteiger partial charge < -0.3 is 4.55 Å². The fourth-order valence-corrected chi connectivity index (χ4v) is 1.41. The first kappa shape index (κ1) is 11.2. The van der Waals surface area contributed by atoms with Crippen LogP contribution in [-0.2, 0) is 11.1 Å². The van der Waals surface area contributed by atoms with E-state index in [2.05, 4.69) is 0 Å². The summed E-state index contributed by atoms with van der Waals surface area (Å²) in [6.07, 6.45) is 0. The Balaban J connectivity index is 3.40. The largest absolute Gasteiger partial charge is 0.302 e. The van der Waals surface area contributed by atoms with Gasteiger partial charge in [0.1, 0.15) is 4.90 Å². The number of non-ortho nitro benzene ring substituents is 1. The molecule has 0 spiro atoms. The third-order valence-corrected chi connectivity index (χ3v) is 2.26. The summed E-state index contributed by atoms with van der Waals surface area (Å²) in [4.78, 5) is 18.5. The fraction of sp³-hybridized carbons (Fsp3) is 0. The van der Waals surface area contributed by atoms with Gasteiger partial charge in [0.2, 0.25) is 0 Å². The smallest absolute Gasteiger partial charge is 0.294 e. The molecule has 15 heavy (non-hydrogen) atoms. The van der Waals surface area contributed by atoms with Gasteiger partial charge in [0.15, 0.2) is 11.1 Å². The van der Waals surface area contributed by atoms with Crippen molar-refractivity contribution in [3.8, 4) is 0 Å². The van der Waals surface area contributed by atoms with Crippen LogP contribution in [0.4, 0.5) is 11.4 Å². The number of rotatable bonds is 3. The van der Waals surface area contributed by atoms with Crippen molar-refractivity contribution < 1.29 is 18.6 Å². The van der Waals surface area contributed by atoms with Gasteiger partial charge in [-0.3, -0.25) is 20.2 Å². The minimum absolute atomic E-state index is 0.467. The van der Waals surface area contributed by atoms with E-state index >= 15 is 0 Å². The standard InChI is InChI=1S/C6H4N2O6S/c9-7(10)4-1-2-6(15(13)14)5(3-4)8(11)12/h1-3H,(H,13,14). The average Bonchev–Trinajstić information content (AvgIpc) is 2.16. The lowest BCUT2D eigenvalue weighted by atomic mass is 10.3. The average molecular weight is 232 g/mol. The van der Waals surface area contributed by atoms with E-state index in [1.807, 2.05) is 0 Å². The third kappa shape index (κ3) is 2.33. The zero-order valence-corrected chi connectivity index (χ0v) is 7.84. The lowest BCUT2D eigenvalue weighted by molar-refractivity contribution is -0.396. The van der Waals surface area contributed by atoms with E-state index in [1.165, 1.54) is 0 Å². The molecule has 8 nitrogen and oxygen atoms in total. The van der Waals surface area contributed by atoms with Crippen LogP contribution in [0.15, 0.2) is 23.1 Å². The van der Waals surface area contributed by atoms with Crippen LogP contribution in [0.5, 0.6) is 0 Å². The molecule has 1 atom stereocenters. The van der Waals surface area contributed by atoms with Crippen LogP contribution in [0.2, 0.25) is 0 Å². The Morgan fingerprint density at radius 3 is 2.20 bits per heavy atom. The maximum atomic E-state index is 10.6. The monoisotopic (exact) mass is 232 g/mol. The summed E-state index contributed by atoms with van der Waals surface area (Å²) in [5.41, 5.74) is -1.25. The van der Waals surface area contributed by atoms with E-state index in [0.29, 0.717) is 6.07 Å².